The molecule has 418 valence electrons. The van der Waals surface area contributed by atoms with Gasteiger partial charge in [-0.15, -0.1) is 0 Å². The number of rotatable bonds is 17. The van der Waals surface area contributed by atoms with Crippen LogP contribution in [0.4, 0.5) is 4.79 Å². The van der Waals surface area contributed by atoms with Crippen LogP contribution in [0, 0.1) is 16.7 Å². The summed E-state index contributed by atoms with van der Waals surface area (Å²) in [5, 5.41) is 19.8. The average molecular weight is 1080 g/mol. The van der Waals surface area contributed by atoms with Crippen LogP contribution < -0.4 is 10.6 Å². The Kier molecular flexibility index (Phi) is 17.2. The molecule has 0 aromatic heterocycles. The lowest BCUT2D eigenvalue weighted by molar-refractivity contribution is -0.345. The van der Waals surface area contributed by atoms with Gasteiger partial charge in [0, 0.05) is 71.0 Å². The second kappa shape index (κ2) is 23.5. The molecule has 8 rings (SSSR count). The van der Waals surface area contributed by atoms with Crippen LogP contribution in [0.15, 0.2) is 102 Å². The van der Waals surface area contributed by atoms with Crippen molar-refractivity contribution in [3.05, 3.63) is 119 Å². The molecule has 2 aliphatic heterocycles. The Morgan fingerprint density at radius 1 is 0.821 bits per heavy atom. The molecule has 3 aromatic carbocycles. The van der Waals surface area contributed by atoms with E-state index in [-0.39, 0.29) is 41.8 Å². The van der Waals surface area contributed by atoms with Gasteiger partial charge in [-0.2, -0.15) is 0 Å². The molecule has 3 aromatic rings. The zero-order valence-electron chi connectivity index (χ0n) is 44.7. The van der Waals surface area contributed by atoms with Crippen LogP contribution in [0.2, 0.25) is 0 Å². The topological polar surface area (TPSA) is 267 Å². The van der Waals surface area contributed by atoms with Gasteiger partial charge in [0.15, 0.2) is 17.5 Å². The van der Waals surface area contributed by atoms with Crippen molar-refractivity contribution in [2.24, 2.45) is 16.7 Å². The molecule has 3 aliphatic carbocycles. The van der Waals surface area contributed by atoms with Gasteiger partial charge in [0.1, 0.15) is 42.7 Å². The summed E-state index contributed by atoms with van der Waals surface area (Å²) in [6, 6.07) is 22.7. The van der Waals surface area contributed by atoms with Crippen LogP contribution in [0.25, 0.3) is 0 Å². The van der Waals surface area contributed by atoms with Crippen molar-refractivity contribution in [2.75, 3.05) is 59.7 Å². The molecule has 2 saturated heterocycles. The van der Waals surface area contributed by atoms with Gasteiger partial charge < -0.3 is 58.4 Å². The van der Waals surface area contributed by atoms with E-state index in [2.05, 4.69) is 15.5 Å². The number of carbonyl (C=O) groups excluding carboxylic acids is 8. The maximum absolute atomic E-state index is 16.4. The first-order chi connectivity index (χ1) is 37.2. The summed E-state index contributed by atoms with van der Waals surface area (Å²) < 4.78 is 54.1. The number of methoxy groups -OCH3 is 1. The highest BCUT2D eigenvalue weighted by atomic mass is 16.6. The minimum atomic E-state index is -2.53. The number of carbonyl (C=O) groups is 8. The van der Waals surface area contributed by atoms with Crippen LogP contribution in [-0.2, 0) is 66.6 Å². The van der Waals surface area contributed by atoms with Gasteiger partial charge in [-0.3, -0.25) is 24.1 Å². The number of nitrogens with zero attached hydrogens (tertiary/aromatic N) is 1. The van der Waals surface area contributed by atoms with Gasteiger partial charge in [0.25, 0.3) is 5.91 Å². The number of alkyl carbamates (subject to hydrolysis) is 1. The Labute approximate surface area is 451 Å². The van der Waals surface area contributed by atoms with E-state index in [9.17, 15) is 33.9 Å². The van der Waals surface area contributed by atoms with Crippen molar-refractivity contribution in [2.45, 2.75) is 108 Å². The Hall–Kier alpha value is -7.04. The Bertz CT molecular complexity index is 2770. The summed E-state index contributed by atoms with van der Waals surface area (Å²) in [5.74, 6) is -8.24. The van der Waals surface area contributed by atoms with Crippen LogP contribution in [-0.4, -0.2) is 165 Å². The van der Waals surface area contributed by atoms with Crippen molar-refractivity contribution in [1.29, 1.82) is 0 Å². The maximum atomic E-state index is 16.4. The van der Waals surface area contributed by atoms with Gasteiger partial charge in [-0.25, -0.2) is 19.2 Å². The molecule has 21 heteroatoms. The van der Waals surface area contributed by atoms with E-state index < -0.39 is 131 Å². The van der Waals surface area contributed by atoms with Crippen LogP contribution >= 0.6 is 0 Å². The number of benzene rings is 3. The molecule has 0 radical (unpaired) electrons. The smallest absolute Gasteiger partial charge is 0.407 e. The summed E-state index contributed by atoms with van der Waals surface area (Å²) >= 11 is 0. The third-order valence-electron chi connectivity index (χ3n) is 16.0. The van der Waals surface area contributed by atoms with Gasteiger partial charge in [-0.1, -0.05) is 80.6 Å². The summed E-state index contributed by atoms with van der Waals surface area (Å²) in [7, 11) is 1.24. The highest BCUT2D eigenvalue weighted by molar-refractivity contribution is 5.97. The van der Waals surface area contributed by atoms with Crippen molar-refractivity contribution >= 4 is 47.6 Å². The molecule has 5 aliphatic rings. The molecule has 0 unspecified atom stereocenters. The quantitative estimate of drug-likeness (QED) is 0.0980. The minimum absolute atomic E-state index is 0.0222. The fourth-order valence-corrected chi connectivity index (χ4v) is 12.0. The SMILES string of the molecule is COCC(=O)O[C@@H](C(=O)O[C@H]1C[C@@]2(O)[C@@H](OC(=O)c3ccccc3)[C@@H]3[C@]4(OC(C)=O)CO[C@@H]4C[C@H](OC(=O)NCCN4CCOCC4)[C@@]3(C)C(=O)[C@H](OC(C)=O)C(=C1C)C2(C)C)[C@@H](NC(=O)c1ccccc1)c1ccccc1. The molecular formula is C57H67N3O18. The molecule has 2 bridgehead atoms. The van der Waals surface area contributed by atoms with Gasteiger partial charge in [-0.05, 0) is 54.8 Å². The zero-order valence-corrected chi connectivity index (χ0v) is 44.7. The number of fused-ring (bicyclic) bond motifs is 5. The van der Waals surface area contributed by atoms with E-state index in [1.54, 1.807) is 92.7 Å². The molecule has 78 heavy (non-hydrogen) atoms. The largest absolute Gasteiger partial charge is 0.455 e. The van der Waals surface area contributed by atoms with E-state index in [1.165, 1.54) is 33.1 Å². The molecule has 11 atom stereocenters. The van der Waals surface area contributed by atoms with Crippen LogP contribution in [0.1, 0.15) is 86.7 Å². The first kappa shape index (κ1) is 57.1. The third kappa shape index (κ3) is 11.2. The molecule has 2 saturated carbocycles. The molecule has 4 fully saturated rings. The van der Waals surface area contributed by atoms with E-state index >= 15 is 9.59 Å². The predicted molar refractivity (Wildman–Crippen MR) is 273 cm³/mol. The second-order valence-electron chi connectivity index (χ2n) is 21.0. The maximum Gasteiger partial charge on any atom is 0.407 e. The van der Waals surface area contributed by atoms with Crippen molar-refractivity contribution in [1.82, 2.24) is 15.5 Å². The van der Waals surface area contributed by atoms with Gasteiger partial charge >= 0.3 is 35.9 Å². The number of ether oxygens (including phenoxy) is 9. The van der Waals surface area contributed by atoms with Crippen molar-refractivity contribution < 1.29 is 86.1 Å². The van der Waals surface area contributed by atoms with E-state index in [0.29, 0.717) is 38.4 Å². The first-order valence-electron chi connectivity index (χ1n) is 25.9. The number of Topliss-reactive ketones (excluding diaryl/α,β-unsaturated/α-hetero) is 1. The predicted octanol–water partition coefficient (Wildman–Crippen LogP) is 4.00. The lowest BCUT2D eigenvalue weighted by atomic mass is 9.44. The average Bonchev–Trinajstić information content (AvgIpc) is 3.50. The van der Waals surface area contributed by atoms with E-state index in [4.69, 9.17) is 42.6 Å². The van der Waals surface area contributed by atoms with Crippen LogP contribution in [0.5, 0.6) is 0 Å². The molecule has 0 spiro atoms. The third-order valence-corrected chi connectivity index (χ3v) is 16.0. The van der Waals surface area contributed by atoms with E-state index in [1.807, 2.05) is 0 Å². The second-order valence-corrected chi connectivity index (χ2v) is 21.0. The molecular weight excluding hydrogens is 1010 g/mol. The summed E-state index contributed by atoms with van der Waals surface area (Å²) in [6.07, 6.45) is -11.9. The number of nitrogens with one attached hydrogen (secondary N) is 2. The van der Waals surface area contributed by atoms with Crippen molar-refractivity contribution in [3.8, 4) is 0 Å². The number of hydrogen-bond donors (Lipinski definition) is 3. The van der Waals surface area contributed by atoms with Crippen LogP contribution in [0.3, 0.4) is 0 Å². The molecule has 2 amide bonds. The monoisotopic (exact) mass is 1080 g/mol. The van der Waals surface area contributed by atoms with E-state index in [0.717, 1.165) is 13.8 Å². The number of amides is 2. The van der Waals surface area contributed by atoms with Crippen molar-refractivity contribution in [3.63, 3.8) is 0 Å². The lowest BCUT2D eigenvalue weighted by Crippen LogP contribution is -2.82. The molecule has 21 nitrogen and oxygen atoms in total. The fraction of sp³-hybridized carbons (Fsp3) is 0.509. The number of hydrogen-bond acceptors (Lipinski definition) is 19. The highest BCUT2D eigenvalue weighted by Crippen LogP contribution is 2.65. The standard InChI is InChI=1S/C57H67N3O18/c1-33-39(74-52(67)46(76-42(63)31-70-7)44(36-17-11-8-12-18-36)59-50(65)37-19-13-9-14-20-37)30-57(69)49(77-51(66)38-21-15-10-16-22-38)47-55(6,48(64)45(73-34(2)61)43(33)54(57,4)5)40(29-41-56(47,32-72-41)78-35(3)62)75-53(68)58-23-24-60-25-27-71-28-26-60/h8-22,39-41,44-47,49,69H,23-32H2,1-7H3,(H,58,68)(H,59,65)/t39-,40-,41+,44-,45+,46+,47-,49-,55+,56-,57+/m0/s1. The van der Waals surface area contributed by atoms with Gasteiger partial charge in [0.2, 0.25) is 6.10 Å². The Morgan fingerprint density at radius 2 is 1.45 bits per heavy atom. The Balaban J connectivity index is 1.29. The number of aliphatic hydroxyl groups is 1. The molecule has 2 heterocycles. The molecule has 3 N–H and O–H groups in total. The Morgan fingerprint density at radius 3 is 2.04 bits per heavy atom. The number of morpholine rings is 1. The lowest BCUT2D eigenvalue weighted by Gasteiger charge is -2.67. The van der Waals surface area contributed by atoms with Gasteiger partial charge in [0.05, 0.1) is 36.7 Å². The fourth-order valence-electron chi connectivity index (χ4n) is 12.0. The first-order valence-corrected chi connectivity index (χ1v) is 25.9. The minimum Gasteiger partial charge on any atom is -0.455 e. The highest BCUT2D eigenvalue weighted by Gasteiger charge is 2.79. The normalized spacial score (nSPS) is 28.9. The summed E-state index contributed by atoms with van der Waals surface area (Å²) in [6.45, 7) is 10.2. The zero-order chi connectivity index (χ0) is 56.2. The summed E-state index contributed by atoms with van der Waals surface area (Å²) in [5.41, 5.74) is -7.79. The number of ketones is 1. The number of esters is 5. The summed E-state index contributed by atoms with van der Waals surface area (Å²) in [4.78, 5) is 117.